The summed E-state index contributed by atoms with van der Waals surface area (Å²) in [5, 5.41) is 6.27. The number of aryl methyl sites for hydroxylation is 1. The van der Waals surface area contributed by atoms with Gasteiger partial charge in [0.15, 0.2) is 0 Å². The van der Waals surface area contributed by atoms with Crippen molar-refractivity contribution in [1.82, 2.24) is 9.88 Å². The molecule has 2 aromatic carbocycles. The Bertz CT molecular complexity index is 968. The van der Waals surface area contributed by atoms with E-state index in [9.17, 15) is 14.0 Å². The fourth-order valence-electron chi connectivity index (χ4n) is 2.82. The number of aromatic nitrogens is 1. The third-order valence-electron chi connectivity index (χ3n) is 4.18. The molecule has 0 fully saturated rings. The van der Waals surface area contributed by atoms with Gasteiger partial charge in [0.25, 0.3) is 0 Å². The highest BCUT2D eigenvalue weighted by Gasteiger charge is 2.12. The van der Waals surface area contributed by atoms with Crippen LogP contribution >= 0.6 is 0 Å². The number of carbonyl (C=O) groups excluding carboxylic acids is 2. The number of carbonyl (C=O) groups is 2. The second kappa shape index (κ2) is 8.35. The van der Waals surface area contributed by atoms with Crippen molar-refractivity contribution >= 4 is 28.6 Å². The van der Waals surface area contributed by atoms with E-state index in [0.717, 1.165) is 24.5 Å². The average molecular weight is 369 g/mol. The van der Waals surface area contributed by atoms with Crippen LogP contribution in [-0.4, -0.2) is 30.2 Å². The summed E-state index contributed by atoms with van der Waals surface area (Å²) in [7, 11) is 1.24. The van der Waals surface area contributed by atoms with Crippen LogP contribution in [0.4, 0.5) is 14.9 Å². The first-order valence-corrected chi connectivity index (χ1v) is 8.55. The van der Waals surface area contributed by atoms with Crippen molar-refractivity contribution in [2.75, 3.05) is 19.0 Å². The molecule has 1 heterocycles. The summed E-state index contributed by atoms with van der Waals surface area (Å²) in [4.78, 5) is 23.5. The van der Waals surface area contributed by atoms with Crippen LogP contribution in [0.15, 0.2) is 54.7 Å². The maximum absolute atomic E-state index is 13.8. The molecule has 0 spiro atoms. The van der Waals surface area contributed by atoms with Crippen LogP contribution in [0, 0.1) is 5.82 Å². The van der Waals surface area contributed by atoms with E-state index in [0.29, 0.717) is 6.54 Å². The average Bonchev–Trinajstić information content (AvgIpc) is 3.09. The molecule has 2 amide bonds. The minimum Gasteiger partial charge on any atom is -0.465 e. The maximum Gasteiger partial charge on any atom is 0.337 e. The van der Waals surface area contributed by atoms with Gasteiger partial charge in [-0.3, -0.25) is 0 Å². The molecule has 0 aliphatic rings. The van der Waals surface area contributed by atoms with Crippen LogP contribution in [0.5, 0.6) is 0 Å². The number of nitrogens with zero attached hydrogens (tertiary/aromatic N) is 1. The van der Waals surface area contributed by atoms with Crippen molar-refractivity contribution in [3.8, 4) is 0 Å². The summed E-state index contributed by atoms with van der Waals surface area (Å²) in [6, 6.07) is 13.2. The van der Waals surface area contributed by atoms with Gasteiger partial charge in [-0.1, -0.05) is 18.2 Å². The van der Waals surface area contributed by atoms with Gasteiger partial charge in [-0.25, -0.2) is 14.0 Å². The van der Waals surface area contributed by atoms with Gasteiger partial charge in [-0.05, 0) is 42.1 Å². The highest BCUT2D eigenvalue weighted by atomic mass is 19.1. The number of urea groups is 1. The van der Waals surface area contributed by atoms with Gasteiger partial charge in [0, 0.05) is 24.8 Å². The van der Waals surface area contributed by atoms with Gasteiger partial charge >= 0.3 is 12.0 Å². The first-order valence-electron chi connectivity index (χ1n) is 8.55. The van der Waals surface area contributed by atoms with Crippen molar-refractivity contribution in [2.45, 2.75) is 13.0 Å². The third kappa shape index (κ3) is 4.44. The monoisotopic (exact) mass is 369 g/mol. The molecule has 1 aromatic heterocycles. The molecule has 0 bridgehead atoms. The van der Waals surface area contributed by atoms with E-state index in [2.05, 4.69) is 26.0 Å². The number of para-hydroxylation sites is 1. The van der Waals surface area contributed by atoms with Crippen molar-refractivity contribution in [3.63, 3.8) is 0 Å². The molecule has 27 heavy (non-hydrogen) atoms. The van der Waals surface area contributed by atoms with Crippen molar-refractivity contribution < 1.29 is 18.7 Å². The second-order valence-electron chi connectivity index (χ2n) is 5.99. The zero-order chi connectivity index (χ0) is 19.2. The molecule has 0 saturated carbocycles. The molecular formula is C20H20FN3O3. The Kier molecular flexibility index (Phi) is 5.71. The molecule has 2 N–H and O–H groups in total. The van der Waals surface area contributed by atoms with Gasteiger partial charge < -0.3 is 19.9 Å². The molecule has 3 aromatic rings. The minimum atomic E-state index is -0.628. The standard InChI is InChI=1S/C20H20FN3O3/c1-27-19(25)15-7-8-16(21)17(13-15)23-20(26)22-10-4-11-24-12-9-14-5-2-3-6-18(14)24/h2-3,5-9,12-13H,4,10-11H2,1H3,(H2,22,23,26). The van der Waals surface area contributed by atoms with E-state index in [4.69, 9.17) is 0 Å². The number of hydrogen-bond acceptors (Lipinski definition) is 3. The Morgan fingerprint density at radius 1 is 1.15 bits per heavy atom. The number of methoxy groups -OCH3 is 1. The lowest BCUT2D eigenvalue weighted by molar-refractivity contribution is 0.0600. The normalized spacial score (nSPS) is 10.6. The molecule has 7 heteroatoms. The Hall–Kier alpha value is -3.35. The fraction of sp³-hybridized carbons (Fsp3) is 0.200. The summed E-state index contributed by atoms with van der Waals surface area (Å²) in [6.07, 6.45) is 2.73. The number of nitrogens with one attached hydrogen (secondary N) is 2. The predicted molar refractivity (Wildman–Crippen MR) is 101 cm³/mol. The molecule has 6 nitrogen and oxygen atoms in total. The largest absolute Gasteiger partial charge is 0.465 e. The van der Waals surface area contributed by atoms with Gasteiger partial charge in [0.1, 0.15) is 5.82 Å². The lowest BCUT2D eigenvalue weighted by Crippen LogP contribution is -2.30. The van der Waals surface area contributed by atoms with E-state index >= 15 is 0 Å². The van der Waals surface area contributed by atoms with Gasteiger partial charge in [-0.2, -0.15) is 0 Å². The first-order chi connectivity index (χ1) is 13.1. The Balaban J connectivity index is 1.51. The molecule has 3 rings (SSSR count). The molecule has 0 saturated heterocycles. The van der Waals surface area contributed by atoms with Crippen molar-refractivity contribution in [2.24, 2.45) is 0 Å². The summed E-state index contributed by atoms with van der Waals surface area (Å²) >= 11 is 0. The zero-order valence-corrected chi connectivity index (χ0v) is 14.9. The molecular weight excluding hydrogens is 349 g/mol. The molecule has 140 valence electrons. The summed E-state index contributed by atoms with van der Waals surface area (Å²) in [5.74, 6) is -1.23. The van der Waals surface area contributed by atoms with E-state index < -0.39 is 17.8 Å². The van der Waals surface area contributed by atoms with Gasteiger partial charge in [0.2, 0.25) is 0 Å². The van der Waals surface area contributed by atoms with Gasteiger partial charge in [0.05, 0.1) is 18.4 Å². The summed E-state index contributed by atoms with van der Waals surface area (Å²) in [6.45, 7) is 1.18. The van der Waals surface area contributed by atoms with Crippen LogP contribution in [0.1, 0.15) is 16.8 Å². The maximum atomic E-state index is 13.8. The molecule has 0 aliphatic carbocycles. The van der Waals surface area contributed by atoms with Gasteiger partial charge in [-0.15, -0.1) is 0 Å². The number of anilines is 1. The Morgan fingerprint density at radius 3 is 2.78 bits per heavy atom. The van der Waals surface area contributed by atoms with Crippen LogP contribution < -0.4 is 10.6 Å². The van der Waals surface area contributed by atoms with Crippen LogP contribution in [0.2, 0.25) is 0 Å². The van der Waals surface area contributed by atoms with Crippen LogP contribution in [-0.2, 0) is 11.3 Å². The predicted octanol–water partition coefficient (Wildman–Crippen LogP) is 3.78. The number of fused-ring (bicyclic) bond motifs is 1. The lowest BCUT2D eigenvalue weighted by Gasteiger charge is -2.10. The third-order valence-corrected chi connectivity index (χ3v) is 4.18. The van der Waals surface area contributed by atoms with E-state index in [-0.39, 0.29) is 11.3 Å². The zero-order valence-electron chi connectivity index (χ0n) is 14.9. The van der Waals surface area contributed by atoms with Crippen molar-refractivity contribution in [1.29, 1.82) is 0 Å². The SMILES string of the molecule is COC(=O)c1ccc(F)c(NC(=O)NCCCn2ccc3ccccc32)c1. The smallest absolute Gasteiger partial charge is 0.337 e. The molecule has 0 atom stereocenters. The number of rotatable bonds is 6. The minimum absolute atomic E-state index is 0.0770. The topological polar surface area (TPSA) is 72.4 Å². The highest BCUT2D eigenvalue weighted by Crippen LogP contribution is 2.17. The molecule has 0 aliphatic heterocycles. The number of benzene rings is 2. The quantitative estimate of drug-likeness (QED) is 0.513. The number of amides is 2. The van der Waals surface area contributed by atoms with E-state index in [1.807, 2.05) is 30.5 Å². The number of halogens is 1. The fourth-order valence-corrected chi connectivity index (χ4v) is 2.82. The first kappa shape index (κ1) is 18.4. The number of ether oxygens (including phenoxy) is 1. The van der Waals surface area contributed by atoms with Crippen LogP contribution in [0.3, 0.4) is 0 Å². The number of hydrogen-bond donors (Lipinski definition) is 2. The Morgan fingerprint density at radius 2 is 1.96 bits per heavy atom. The second-order valence-corrected chi connectivity index (χ2v) is 5.99. The number of esters is 1. The highest BCUT2D eigenvalue weighted by molar-refractivity contribution is 5.94. The Labute approximate surface area is 155 Å². The molecule has 0 radical (unpaired) electrons. The van der Waals surface area contributed by atoms with E-state index in [1.54, 1.807) is 0 Å². The lowest BCUT2D eigenvalue weighted by atomic mass is 10.2. The summed E-state index contributed by atoms with van der Waals surface area (Å²) in [5.41, 5.74) is 1.23. The molecule has 0 unspecified atom stereocenters. The van der Waals surface area contributed by atoms with E-state index in [1.165, 1.54) is 24.6 Å². The van der Waals surface area contributed by atoms with Crippen LogP contribution in [0.25, 0.3) is 10.9 Å². The van der Waals surface area contributed by atoms with Crippen molar-refractivity contribution in [3.05, 3.63) is 66.1 Å². The summed E-state index contributed by atoms with van der Waals surface area (Å²) < 4.78 is 20.5.